The van der Waals surface area contributed by atoms with Gasteiger partial charge < -0.3 is 64.2 Å². The van der Waals surface area contributed by atoms with Crippen LogP contribution in [0.15, 0.2) is 36.5 Å². The summed E-state index contributed by atoms with van der Waals surface area (Å²) in [4.78, 5) is 13.0. The number of hydrogen-bond acceptors (Lipinski definition) is 14. The van der Waals surface area contributed by atoms with Crippen molar-refractivity contribution >= 4 is 5.97 Å². The van der Waals surface area contributed by atoms with E-state index in [-0.39, 0.29) is 19.6 Å². The largest absolute Gasteiger partial charge is 0.457 e. The molecule has 14 nitrogen and oxygen atoms in total. The van der Waals surface area contributed by atoms with Crippen molar-refractivity contribution in [2.45, 2.75) is 255 Å². The molecule has 386 valence electrons. The van der Waals surface area contributed by atoms with E-state index in [1.165, 1.54) is 103 Å². The van der Waals surface area contributed by atoms with Crippen molar-refractivity contribution in [2.75, 3.05) is 33.0 Å². The first-order valence-corrected chi connectivity index (χ1v) is 26.1. The van der Waals surface area contributed by atoms with Gasteiger partial charge in [0.15, 0.2) is 12.6 Å². The maximum absolute atomic E-state index is 13.0. The molecule has 7 N–H and O–H groups in total. The van der Waals surface area contributed by atoms with Crippen LogP contribution in [0.2, 0.25) is 0 Å². The van der Waals surface area contributed by atoms with Crippen LogP contribution in [-0.4, -0.2) is 142 Å². The molecule has 11 unspecified atom stereocenters. The number of allylic oxidation sites excluding steroid dienone is 6. The van der Waals surface area contributed by atoms with Crippen molar-refractivity contribution in [3.05, 3.63) is 36.5 Å². The van der Waals surface area contributed by atoms with Gasteiger partial charge in [-0.3, -0.25) is 4.79 Å². The van der Waals surface area contributed by atoms with E-state index in [4.69, 9.17) is 28.4 Å². The Morgan fingerprint density at radius 3 is 1.53 bits per heavy atom. The summed E-state index contributed by atoms with van der Waals surface area (Å²) in [5.74, 6) is -0.403. The summed E-state index contributed by atoms with van der Waals surface area (Å²) in [5, 5.41) is 72.1. The Morgan fingerprint density at radius 1 is 0.515 bits per heavy atom. The van der Waals surface area contributed by atoms with Gasteiger partial charge >= 0.3 is 5.97 Å². The Kier molecular flexibility index (Phi) is 36.6. The van der Waals surface area contributed by atoms with Crippen molar-refractivity contribution in [1.82, 2.24) is 0 Å². The zero-order chi connectivity index (χ0) is 48.0. The number of esters is 1. The fourth-order valence-corrected chi connectivity index (χ4v) is 8.18. The summed E-state index contributed by atoms with van der Waals surface area (Å²) in [6.45, 7) is 3.55. The second-order valence-electron chi connectivity index (χ2n) is 18.3. The Bertz CT molecular complexity index is 1230. The average Bonchev–Trinajstić information content (AvgIpc) is 3.31. The van der Waals surface area contributed by atoms with Gasteiger partial charge in [-0.15, -0.1) is 0 Å². The summed E-state index contributed by atoms with van der Waals surface area (Å²) in [6.07, 6.45) is 27.9. The standard InChI is InChI=1S/C52H94O14/c1-3-5-7-9-11-13-15-17-18-19-20-21-22-24-26-28-30-32-34-36-61-38-41(64-44(54)35-33-31-29-27-25-23-16-14-12-10-8-6-4-2)39-62-51-50(60)48(58)46(56)43(66-51)40-63-52-49(59)47(57)45(55)42(37-53)65-52/h6,8,12,14,23,25,41-43,45-53,55-60H,3-5,7,9-11,13,15-22,24,26-40H2,1-2H3/b8-6-,14-12-,25-23-. The molecule has 0 aromatic carbocycles. The number of aliphatic hydroxyl groups is 7. The van der Waals surface area contributed by atoms with Gasteiger partial charge in [-0.05, 0) is 44.9 Å². The van der Waals surface area contributed by atoms with Gasteiger partial charge in [-0.1, -0.05) is 172 Å². The van der Waals surface area contributed by atoms with Crippen LogP contribution >= 0.6 is 0 Å². The monoisotopic (exact) mass is 943 g/mol. The van der Waals surface area contributed by atoms with E-state index in [0.29, 0.717) is 13.0 Å². The van der Waals surface area contributed by atoms with Gasteiger partial charge in [0.2, 0.25) is 0 Å². The van der Waals surface area contributed by atoms with E-state index in [1.807, 2.05) is 0 Å². The van der Waals surface area contributed by atoms with Crippen molar-refractivity contribution in [3.63, 3.8) is 0 Å². The van der Waals surface area contributed by atoms with Gasteiger partial charge in [-0.25, -0.2) is 0 Å². The molecule has 14 heteroatoms. The Balaban J connectivity index is 1.75. The molecule has 2 aliphatic rings. The topological polar surface area (TPSA) is 214 Å². The molecule has 2 aliphatic heterocycles. The van der Waals surface area contributed by atoms with E-state index in [0.717, 1.165) is 57.8 Å². The zero-order valence-electron chi connectivity index (χ0n) is 40.9. The normalized spacial score (nSPS) is 26.6. The van der Waals surface area contributed by atoms with E-state index in [2.05, 4.69) is 50.3 Å². The Hall–Kier alpha value is -1.79. The van der Waals surface area contributed by atoms with Crippen LogP contribution in [0.4, 0.5) is 0 Å². The fourth-order valence-electron chi connectivity index (χ4n) is 8.18. The predicted molar refractivity (Wildman–Crippen MR) is 256 cm³/mol. The van der Waals surface area contributed by atoms with Crippen molar-refractivity contribution in [3.8, 4) is 0 Å². The first-order chi connectivity index (χ1) is 32.1. The summed E-state index contributed by atoms with van der Waals surface area (Å²) in [7, 11) is 0. The number of carbonyl (C=O) groups is 1. The molecule has 0 bridgehead atoms. The van der Waals surface area contributed by atoms with Gasteiger partial charge in [0.05, 0.1) is 26.4 Å². The SMILES string of the molecule is CC/C=C\C/C=C\C/C=C\CCCCCC(=O)OC(COCCCCCCCCCCCCCCCCCCCCC)COC1OC(COC2OC(CO)C(O)C(O)C2O)C(O)C(O)C1O. The van der Waals surface area contributed by atoms with Crippen molar-refractivity contribution in [2.24, 2.45) is 0 Å². The van der Waals surface area contributed by atoms with Gasteiger partial charge in [0.25, 0.3) is 0 Å². The molecule has 2 heterocycles. The lowest BCUT2D eigenvalue weighted by molar-refractivity contribution is -0.332. The summed E-state index contributed by atoms with van der Waals surface area (Å²) < 4.78 is 34.2. The quantitative estimate of drug-likeness (QED) is 0.0177. The average molecular weight is 943 g/mol. The Labute approximate surface area is 398 Å². The second-order valence-corrected chi connectivity index (χ2v) is 18.3. The molecule has 2 fully saturated rings. The number of hydrogen-bond donors (Lipinski definition) is 7. The van der Waals surface area contributed by atoms with Crippen LogP contribution in [0, 0.1) is 0 Å². The van der Waals surface area contributed by atoms with Crippen LogP contribution in [0.5, 0.6) is 0 Å². The number of ether oxygens (including phenoxy) is 6. The highest BCUT2D eigenvalue weighted by molar-refractivity contribution is 5.69. The molecule has 0 saturated carbocycles. The molecule has 0 radical (unpaired) electrons. The van der Waals surface area contributed by atoms with Crippen LogP contribution in [0.1, 0.15) is 187 Å². The molecule has 66 heavy (non-hydrogen) atoms. The lowest BCUT2D eigenvalue weighted by Gasteiger charge is -2.42. The minimum Gasteiger partial charge on any atom is -0.457 e. The van der Waals surface area contributed by atoms with Gasteiger partial charge in [0, 0.05) is 13.0 Å². The summed E-state index contributed by atoms with van der Waals surface area (Å²) in [6, 6.07) is 0. The maximum Gasteiger partial charge on any atom is 0.306 e. The fraction of sp³-hybridized carbons (Fsp3) is 0.865. The molecule has 11 atom stereocenters. The Morgan fingerprint density at radius 2 is 0.985 bits per heavy atom. The van der Waals surface area contributed by atoms with E-state index in [9.17, 15) is 40.5 Å². The van der Waals surface area contributed by atoms with Crippen LogP contribution < -0.4 is 0 Å². The van der Waals surface area contributed by atoms with E-state index in [1.54, 1.807) is 0 Å². The predicted octanol–water partition coefficient (Wildman–Crippen LogP) is 7.80. The van der Waals surface area contributed by atoms with Crippen LogP contribution in [0.3, 0.4) is 0 Å². The number of carbonyl (C=O) groups excluding carboxylic acids is 1. The van der Waals surface area contributed by atoms with Gasteiger partial charge in [0.1, 0.15) is 54.9 Å². The molecule has 0 aromatic heterocycles. The van der Waals surface area contributed by atoms with Crippen LogP contribution in [-0.2, 0) is 33.2 Å². The summed E-state index contributed by atoms with van der Waals surface area (Å²) in [5.41, 5.74) is 0. The third-order valence-electron chi connectivity index (χ3n) is 12.4. The second kappa shape index (κ2) is 40.0. The third-order valence-corrected chi connectivity index (χ3v) is 12.4. The first-order valence-electron chi connectivity index (χ1n) is 26.1. The lowest BCUT2D eigenvalue weighted by atomic mass is 9.98. The number of aliphatic hydroxyl groups excluding tert-OH is 7. The molecular weight excluding hydrogens is 849 g/mol. The highest BCUT2D eigenvalue weighted by atomic mass is 16.7. The highest BCUT2D eigenvalue weighted by Gasteiger charge is 2.47. The maximum atomic E-state index is 13.0. The highest BCUT2D eigenvalue weighted by Crippen LogP contribution is 2.26. The van der Waals surface area contributed by atoms with E-state index >= 15 is 0 Å². The minimum absolute atomic E-state index is 0.0521. The minimum atomic E-state index is -1.71. The molecule has 0 aromatic rings. The third kappa shape index (κ3) is 27.4. The molecule has 0 amide bonds. The molecule has 0 aliphatic carbocycles. The van der Waals surface area contributed by atoms with Gasteiger partial charge in [-0.2, -0.15) is 0 Å². The van der Waals surface area contributed by atoms with Crippen LogP contribution in [0.25, 0.3) is 0 Å². The van der Waals surface area contributed by atoms with Crippen molar-refractivity contribution in [1.29, 1.82) is 0 Å². The van der Waals surface area contributed by atoms with Crippen molar-refractivity contribution < 1.29 is 69.0 Å². The molecule has 0 spiro atoms. The summed E-state index contributed by atoms with van der Waals surface area (Å²) >= 11 is 0. The van der Waals surface area contributed by atoms with E-state index < -0.39 is 86.7 Å². The number of rotatable bonds is 41. The first kappa shape index (κ1) is 60.3. The molecular formula is C52H94O14. The number of unbranched alkanes of at least 4 members (excludes halogenated alkanes) is 21. The zero-order valence-corrected chi connectivity index (χ0v) is 40.9. The molecule has 2 saturated heterocycles. The lowest BCUT2D eigenvalue weighted by Crippen LogP contribution is -2.61. The smallest absolute Gasteiger partial charge is 0.306 e. The molecule has 2 rings (SSSR count).